The Morgan fingerprint density at radius 2 is 2.12 bits per heavy atom. The molecule has 2 aliphatic rings. The van der Waals surface area contributed by atoms with E-state index in [9.17, 15) is 4.79 Å². The molecule has 1 amide bonds. The van der Waals surface area contributed by atoms with Crippen LogP contribution in [0.1, 0.15) is 29.7 Å². The van der Waals surface area contributed by atoms with Crippen molar-refractivity contribution in [3.63, 3.8) is 0 Å². The number of thioether (sulfide) groups is 1. The van der Waals surface area contributed by atoms with Crippen LogP contribution >= 0.6 is 35.5 Å². The van der Waals surface area contributed by atoms with E-state index in [-0.39, 0.29) is 18.3 Å². The van der Waals surface area contributed by atoms with E-state index < -0.39 is 0 Å². The molecule has 2 aliphatic heterocycles. The minimum absolute atomic E-state index is 0. The molecule has 2 fully saturated rings. The number of aryl methyl sites for hydroxylation is 2. The van der Waals surface area contributed by atoms with Gasteiger partial charge in [0.1, 0.15) is 16.2 Å². The van der Waals surface area contributed by atoms with Crippen molar-refractivity contribution >= 4 is 51.6 Å². The molecule has 8 heteroatoms. The third-order valence-electron chi connectivity index (χ3n) is 5.14. The van der Waals surface area contributed by atoms with Gasteiger partial charge in [0.25, 0.3) is 0 Å². The fourth-order valence-corrected chi connectivity index (χ4v) is 5.67. The maximum Gasteiger partial charge on any atom is 0.233 e. The van der Waals surface area contributed by atoms with Gasteiger partial charge in [-0.1, -0.05) is 11.8 Å². The minimum Gasteiger partial charge on any atom is -0.340 e. The molecule has 4 heterocycles. The third-order valence-corrected chi connectivity index (χ3v) is 7.23. The standard InChI is InChI=1S/C17H22N4OS2.ClH/c1-10-11(2)24-17-15(10)16(18-9-19-17)23-8-14(22)21-6-5-12-3-4-13(7-21)20-12;/h9,12-13,20H,3-8H2,1-2H3;1H. The van der Waals surface area contributed by atoms with Crippen molar-refractivity contribution in [1.82, 2.24) is 20.2 Å². The molecule has 2 bridgehead atoms. The Morgan fingerprint density at radius 1 is 1.32 bits per heavy atom. The van der Waals surface area contributed by atoms with Crippen LogP contribution in [0.4, 0.5) is 0 Å². The van der Waals surface area contributed by atoms with Crippen molar-refractivity contribution in [2.75, 3.05) is 18.8 Å². The maximum absolute atomic E-state index is 12.7. The molecule has 136 valence electrons. The van der Waals surface area contributed by atoms with E-state index in [4.69, 9.17) is 0 Å². The van der Waals surface area contributed by atoms with Gasteiger partial charge >= 0.3 is 0 Å². The molecular formula is C17H23ClN4OS2. The number of thiophene rings is 1. The van der Waals surface area contributed by atoms with Crippen LogP contribution in [0.2, 0.25) is 0 Å². The lowest BCUT2D eigenvalue weighted by molar-refractivity contribution is -0.128. The lowest BCUT2D eigenvalue weighted by Gasteiger charge is -2.24. The zero-order chi connectivity index (χ0) is 16.7. The summed E-state index contributed by atoms with van der Waals surface area (Å²) in [4.78, 5) is 25.8. The number of nitrogens with one attached hydrogen (secondary N) is 1. The molecule has 0 saturated carbocycles. The average molecular weight is 399 g/mol. The smallest absolute Gasteiger partial charge is 0.233 e. The van der Waals surface area contributed by atoms with Crippen molar-refractivity contribution in [2.24, 2.45) is 0 Å². The van der Waals surface area contributed by atoms with E-state index in [0.29, 0.717) is 17.8 Å². The lowest BCUT2D eigenvalue weighted by atomic mass is 10.1. The number of carbonyl (C=O) groups excluding carboxylic acids is 1. The molecule has 0 radical (unpaired) electrons. The van der Waals surface area contributed by atoms with Gasteiger partial charge in [-0.25, -0.2) is 9.97 Å². The molecule has 2 atom stereocenters. The number of fused-ring (bicyclic) bond motifs is 3. The van der Waals surface area contributed by atoms with Gasteiger partial charge < -0.3 is 10.2 Å². The zero-order valence-corrected chi connectivity index (χ0v) is 16.9. The van der Waals surface area contributed by atoms with E-state index in [1.807, 2.05) is 4.90 Å². The van der Waals surface area contributed by atoms with Crippen molar-refractivity contribution < 1.29 is 4.79 Å². The minimum atomic E-state index is 0. The lowest BCUT2D eigenvalue weighted by Crippen LogP contribution is -2.39. The van der Waals surface area contributed by atoms with E-state index in [1.165, 1.54) is 23.3 Å². The van der Waals surface area contributed by atoms with Crippen LogP contribution in [-0.2, 0) is 4.79 Å². The number of halogens is 1. The van der Waals surface area contributed by atoms with Gasteiger partial charge in [-0.15, -0.1) is 23.7 Å². The van der Waals surface area contributed by atoms with Gasteiger partial charge in [-0.3, -0.25) is 4.79 Å². The molecule has 5 nitrogen and oxygen atoms in total. The van der Waals surface area contributed by atoms with E-state index in [2.05, 4.69) is 29.1 Å². The number of rotatable bonds is 3. The van der Waals surface area contributed by atoms with Crippen LogP contribution in [0.25, 0.3) is 10.2 Å². The molecule has 25 heavy (non-hydrogen) atoms. The molecule has 2 saturated heterocycles. The highest BCUT2D eigenvalue weighted by Crippen LogP contribution is 2.34. The van der Waals surface area contributed by atoms with E-state index in [0.717, 1.165) is 34.8 Å². The second kappa shape index (κ2) is 7.78. The fraction of sp³-hybridized carbons (Fsp3) is 0.588. The van der Waals surface area contributed by atoms with Crippen LogP contribution in [0, 0.1) is 13.8 Å². The van der Waals surface area contributed by atoms with Crippen LogP contribution < -0.4 is 5.32 Å². The van der Waals surface area contributed by atoms with E-state index >= 15 is 0 Å². The Kier molecular flexibility index (Phi) is 5.88. The normalized spacial score (nSPS) is 22.7. The summed E-state index contributed by atoms with van der Waals surface area (Å²) < 4.78 is 0. The number of hydrogen-bond acceptors (Lipinski definition) is 6. The first-order valence-corrected chi connectivity index (χ1v) is 10.3. The summed E-state index contributed by atoms with van der Waals surface area (Å²) in [5, 5.41) is 5.68. The number of hydrogen-bond donors (Lipinski definition) is 1. The summed E-state index contributed by atoms with van der Waals surface area (Å²) >= 11 is 3.25. The molecular weight excluding hydrogens is 376 g/mol. The summed E-state index contributed by atoms with van der Waals surface area (Å²) in [7, 11) is 0. The zero-order valence-electron chi connectivity index (χ0n) is 14.4. The van der Waals surface area contributed by atoms with Crippen LogP contribution in [0.15, 0.2) is 11.4 Å². The monoisotopic (exact) mass is 398 g/mol. The molecule has 1 N–H and O–H groups in total. The van der Waals surface area contributed by atoms with Gasteiger partial charge in [-0.2, -0.15) is 0 Å². The highest BCUT2D eigenvalue weighted by Gasteiger charge is 2.31. The fourth-order valence-electron chi connectivity index (χ4n) is 3.65. The Hall–Kier alpha value is -0.890. The third kappa shape index (κ3) is 3.79. The van der Waals surface area contributed by atoms with Gasteiger partial charge in [0.15, 0.2) is 0 Å². The number of aromatic nitrogens is 2. The number of nitrogens with zero attached hydrogens (tertiary/aromatic N) is 3. The first kappa shape index (κ1) is 18.9. The summed E-state index contributed by atoms with van der Waals surface area (Å²) in [6, 6.07) is 1.09. The first-order chi connectivity index (χ1) is 11.6. The predicted molar refractivity (Wildman–Crippen MR) is 106 cm³/mol. The highest BCUT2D eigenvalue weighted by atomic mass is 35.5. The van der Waals surface area contributed by atoms with Gasteiger partial charge in [0.05, 0.1) is 5.75 Å². The summed E-state index contributed by atoms with van der Waals surface area (Å²) in [6.07, 6.45) is 5.14. The Morgan fingerprint density at radius 3 is 2.96 bits per heavy atom. The van der Waals surface area contributed by atoms with Crippen molar-refractivity contribution in [3.8, 4) is 0 Å². The molecule has 4 rings (SSSR count). The largest absolute Gasteiger partial charge is 0.340 e. The van der Waals surface area contributed by atoms with Crippen LogP contribution in [0.5, 0.6) is 0 Å². The first-order valence-electron chi connectivity index (χ1n) is 8.49. The second-order valence-electron chi connectivity index (χ2n) is 6.70. The van der Waals surface area contributed by atoms with Crippen molar-refractivity contribution in [2.45, 2.75) is 50.2 Å². The van der Waals surface area contributed by atoms with Gasteiger partial charge in [0.2, 0.25) is 5.91 Å². The number of amides is 1. The number of likely N-dealkylation sites (tertiary alicyclic amines) is 1. The topological polar surface area (TPSA) is 58.1 Å². The molecule has 0 spiro atoms. The SMILES string of the molecule is Cc1sc2ncnc(SCC(=O)N3CCC4CCC(C3)N4)c2c1C.Cl. The van der Waals surface area contributed by atoms with Gasteiger partial charge in [-0.05, 0) is 38.7 Å². The summed E-state index contributed by atoms with van der Waals surface area (Å²) in [5.41, 5.74) is 1.24. The maximum atomic E-state index is 12.7. The highest BCUT2D eigenvalue weighted by molar-refractivity contribution is 8.00. The van der Waals surface area contributed by atoms with Crippen molar-refractivity contribution in [3.05, 3.63) is 16.8 Å². The summed E-state index contributed by atoms with van der Waals surface area (Å²) in [5.74, 6) is 0.684. The predicted octanol–water partition coefficient (Wildman–Crippen LogP) is 3.17. The van der Waals surface area contributed by atoms with Crippen molar-refractivity contribution in [1.29, 1.82) is 0 Å². The molecule has 2 aromatic rings. The van der Waals surface area contributed by atoms with Crippen LogP contribution in [-0.4, -0.2) is 51.7 Å². The Bertz CT molecular complexity index is 781. The Balaban J connectivity index is 0.00000182. The average Bonchev–Trinajstić information content (AvgIpc) is 3.05. The second-order valence-corrected chi connectivity index (χ2v) is 8.86. The van der Waals surface area contributed by atoms with Crippen LogP contribution in [0.3, 0.4) is 0 Å². The van der Waals surface area contributed by atoms with E-state index in [1.54, 1.807) is 29.4 Å². The Labute approximate surface area is 162 Å². The quantitative estimate of drug-likeness (QED) is 0.635. The molecule has 0 aliphatic carbocycles. The number of carbonyl (C=O) groups is 1. The summed E-state index contributed by atoms with van der Waals surface area (Å²) in [6.45, 7) is 5.95. The molecule has 2 aromatic heterocycles. The van der Waals surface area contributed by atoms with Gasteiger partial charge in [0, 0.05) is 35.4 Å². The molecule has 2 unspecified atom stereocenters. The molecule has 0 aromatic carbocycles.